The Morgan fingerprint density at radius 1 is 1.04 bits per heavy atom. The van der Waals surface area contributed by atoms with Crippen molar-refractivity contribution in [2.24, 2.45) is 0 Å². The van der Waals surface area contributed by atoms with Crippen LogP contribution in [0, 0.1) is 12.7 Å². The number of thioether (sulfide) groups is 1. The van der Waals surface area contributed by atoms with Gasteiger partial charge in [0.25, 0.3) is 0 Å². The third-order valence-corrected chi connectivity index (χ3v) is 5.09. The predicted octanol–water partition coefficient (Wildman–Crippen LogP) is 4.01. The highest BCUT2D eigenvalue weighted by Gasteiger charge is 2.13. The van der Waals surface area contributed by atoms with Gasteiger partial charge < -0.3 is 0 Å². The molecule has 0 spiro atoms. The lowest BCUT2D eigenvalue weighted by Gasteiger charge is -2.04. The summed E-state index contributed by atoms with van der Waals surface area (Å²) in [6.45, 7) is 2.35. The zero-order valence-corrected chi connectivity index (χ0v) is 14.9. The van der Waals surface area contributed by atoms with E-state index >= 15 is 0 Å². The molecule has 0 aliphatic carbocycles. The lowest BCUT2D eigenvalue weighted by molar-refractivity contribution is 0.582. The van der Waals surface area contributed by atoms with Crippen LogP contribution in [-0.4, -0.2) is 25.0 Å². The average molecular weight is 365 g/mol. The van der Waals surface area contributed by atoms with E-state index in [0.29, 0.717) is 16.7 Å². The molecule has 0 atom stereocenters. The Morgan fingerprint density at radius 2 is 1.85 bits per heavy atom. The summed E-state index contributed by atoms with van der Waals surface area (Å²) in [5, 5.41) is 9.13. The Morgan fingerprint density at radius 3 is 2.65 bits per heavy atom. The van der Waals surface area contributed by atoms with Crippen LogP contribution in [0.2, 0.25) is 0 Å². The molecule has 0 bridgehead atoms. The van der Waals surface area contributed by atoms with Gasteiger partial charge >= 0.3 is 0 Å². The number of hydrogen-bond donors (Lipinski definition) is 0. The summed E-state index contributed by atoms with van der Waals surface area (Å²) in [7, 11) is 0. The number of rotatable bonds is 5. The number of fused-ring (bicyclic) bond motifs is 1. The molecule has 0 unspecified atom stereocenters. The van der Waals surface area contributed by atoms with E-state index in [1.165, 1.54) is 23.5 Å². The minimum atomic E-state index is -0.265. The van der Waals surface area contributed by atoms with E-state index in [1.807, 2.05) is 0 Å². The first kappa shape index (κ1) is 16.7. The van der Waals surface area contributed by atoms with Crippen molar-refractivity contribution in [1.82, 2.24) is 25.0 Å². The predicted molar refractivity (Wildman–Crippen MR) is 99.4 cm³/mol. The molecule has 0 fully saturated rings. The van der Waals surface area contributed by atoms with Crippen LogP contribution in [0.3, 0.4) is 0 Å². The largest absolute Gasteiger partial charge is 0.227 e. The van der Waals surface area contributed by atoms with Crippen molar-refractivity contribution in [3.05, 3.63) is 77.4 Å². The van der Waals surface area contributed by atoms with Gasteiger partial charge in [-0.05, 0) is 18.6 Å². The van der Waals surface area contributed by atoms with Gasteiger partial charge in [0, 0.05) is 11.3 Å². The van der Waals surface area contributed by atoms with E-state index in [4.69, 9.17) is 0 Å². The van der Waals surface area contributed by atoms with Crippen LogP contribution in [0.1, 0.15) is 16.7 Å². The van der Waals surface area contributed by atoms with E-state index < -0.39 is 0 Å². The Balaban J connectivity index is 1.58. The Hall–Kier alpha value is -2.80. The standard InChI is InChI=1S/C19H16FN5S/c1-13-6-8-14(9-7-13)11-26-19-17-18(21-12-22-19)25(24-23-17)10-15-4-2-3-5-16(15)20/h2-9,12H,10-11H2,1H3. The van der Waals surface area contributed by atoms with Gasteiger partial charge in [0.15, 0.2) is 11.2 Å². The molecular weight excluding hydrogens is 349 g/mol. The van der Waals surface area contributed by atoms with Crippen molar-refractivity contribution in [2.45, 2.75) is 24.2 Å². The number of aryl methyl sites for hydroxylation is 1. The minimum Gasteiger partial charge on any atom is -0.227 e. The van der Waals surface area contributed by atoms with Crippen LogP contribution < -0.4 is 0 Å². The fourth-order valence-corrected chi connectivity index (χ4v) is 3.49. The lowest BCUT2D eigenvalue weighted by atomic mass is 10.2. The molecule has 0 aliphatic rings. The number of hydrogen-bond acceptors (Lipinski definition) is 5. The molecule has 7 heteroatoms. The molecule has 2 aromatic carbocycles. The van der Waals surface area contributed by atoms with Gasteiger partial charge in [-0.1, -0.05) is 65.0 Å². The van der Waals surface area contributed by atoms with Gasteiger partial charge in [-0.3, -0.25) is 0 Å². The van der Waals surface area contributed by atoms with Crippen LogP contribution >= 0.6 is 11.8 Å². The van der Waals surface area contributed by atoms with Crippen molar-refractivity contribution in [3.63, 3.8) is 0 Å². The third-order valence-electron chi connectivity index (χ3n) is 4.04. The van der Waals surface area contributed by atoms with Crippen LogP contribution in [0.5, 0.6) is 0 Å². The van der Waals surface area contributed by atoms with Crippen LogP contribution in [0.4, 0.5) is 4.39 Å². The van der Waals surface area contributed by atoms with Crippen molar-refractivity contribution in [3.8, 4) is 0 Å². The Bertz CT molecular complexity index is 1050. The summed E-state index contributed by atoms with van der Waals surface area (Å²) in [5.74, 6) is 0.520. The highest BCUT2D eigenvalue weighted by atomic mass is 32.2. The van der Waals surface area contributed by atoms with E-state index in [9.17, 15) is 4.39 Å². The molecule has 0 amide bonds. The topological polar surface area (TPSA) is 56.5 Å². The second-order valence-corrected chi connectivity index (χ2v) is 6.93. The molecule has 0 aliphatic heterocycles. The SMILES string of the molecule is Cc1ccc(CSc2ncnc3c2nnn3Cc2ccccc2F)cc1. The zero-order valence-electron chi connectivity index (χ0n) is 14.1. The lowest BCUT2D eigenvalue weighted by Crippen LogP contribution is -2.04. The normalized spacial score (nSPS) is 11.2. The third kappa shape index (κ3) is 3.43. The fraction of sp³-hybridized carbons (Fsp3) is 0.158. The maximum absolute atomic E-state index is 13.9. The van der Waals surface area contributed by atoms with Gasteiger partial charge in [-0.25, -0.2) is 19.0 Å². The van der Waals surface area contributed by atoms with Crippen LogP contribution in [0.15, 0.2) is 59.9 Å². The van der Waals surface area contributed by atoms with Gasteiger partial charge in [0.05, 0.1) is 6.54 Å². The fourth-order valence-electron chi connectivity index (χ4n) is 2.61. The van der Waals surface area contributed by atoms with Crippen molar-refractivity contribution < 1.29 is 4.39 Å². The summed E-state index contributed by atoms with van der Waals surface area (Å²) in [5.41, 5.74) is 4.24. The molecule has 2 heterocycles. The molecule has 0 radical (unpaired) electrons. The van der Waals surface area contributed by atoms with E-state index in [2.05, 4.69) is 51.5 Å². The van der Waals surface area contributed by atoms with Crippen molar-refractivity contribution in [1.29, 1.82) is 0 Å². The van der Waals surface area contributed by atoms with Gasteiger partial charge in [-0.15, -0.1) is 5.10 Å². The molecule has 5 nitrogen and oxygen atoms in total. The first-order chi connectivity index (χ1) is 12.7. The summed E-state index contributed by atoms with van der Waals surface area (Å²) >= 11 is 1.59. The highest BCUT2D eigenvalue weighted by molar-refractivity contribution is 7.98. The zero-order chi connectivity index (χ0) is 17.9. The highest BCUT2D eigenvalue weighted by Crippen LogP contribution is 2.26. The quantitative estimate of drug-likeness (QED) is 0.395. The Labute approximate surface area is 154 Å². The average Bonchev–Trinajstić information content (AvgIpc) is 3.07. The number of nitrogens with zero attached hydrogens (tertiary/aromatic N) is 5. The molecule has 130 valence electrons. The second-order valence-electron chi connectivity index (χ2n) is 5.96. The first-order valence-corrected chi connectivity index (χ1v) is 9.15. The van der Waals surface area contributed by atoms with E-state index in [1.54, 1.807) is 34.6 Å². The monoisotopic (exact) mass is 365 g/mol. The number of halogens is 1. The molecule has 0 saturated carbocycles. The summed E-state index contributed by atoms with van der Waals surface area (Å²) < 4.78 is 15.5. The first-order valence-electron chi connectivity index (χ1n) is 8.16. The minimum absolute atomic E-state index is 0.265. The molecule has 4 rings (SSSR count). The second kappa shape index (κ2) is 7.21. The van der Waals surface area contributed by atoms with E-state index in [-0.39, 0.29) is 12.4 Å². The smallest absolute Gasteiger partial charge is 0.183 e. The molecular formula is C19H16FN5S. The van der Waals surface area contributed by atoms with Crippen LogP contribution in [-0.2, 0) is 12.3 Å². The molecule has 0 saturated heterocycles. The summed E-state index contributed by atoms with van der Waals surface area (Å²) in [6, 6.07) is 15.0. The number of benzene rings is 2. The maximum Gasteiger partial charge on any atom is 0.183 e. The molecule has 2 aromatic heterocycles. The number of aromatic nitrogens is 5. The maximum atomic E-state index is 13.9. The van der Waals surface area contributed by atoms with Gasteiger partial charge in [0.2, 0.25) is 0 Å². The van der Waals surface area contributed by atoms with E-state index in [0.717, 1.165) is 10.8 Å². The van der Waals surface area contributed by atoms with Crippen molar-refractivity contribution in [2.75, 3.05) is 0 Å². The van der Waals surface area contributed by atoms with Crippen LogP contribution in [0.25, 0.3) is 11.2 Å². The molecule has 4 aromatic rings. The summed E-state index contributed by atoms with van der Waals surface area (Å²) in [6.07, 6.45) is 1.50. The van der Waals surface area contributed by atoms with Gasteiger partial charge in [-0.2, -0.15) is 0 Å². The Kier molecular flexibility index (Phi) is 4.62. The molecule has 0 N–H and O–H groups in total. The van der Waals surface area contributed by atoms with Crippen molar-refractivity contribution >= 4 is 22.9 Å². The van der Waals surface area contributed by atoms with Gasteiger partial charge in [0.1, 0.15) is 17.2 Å². The molecule has 26 heavy (non-hydrogen) atoms. The summed E-state index contributed by atoms with van der Waals surface area (Å²) in [4.78, 5) is 8.62.